The monoisotopic (exact) mass is 466 g/mol. The molecule has 1 aliphatic heterocycles. The summed E-state index contributed by atoms with van der Waals surface area (Å²) in [6.45, 7) is 1.52. The van der Waals surface area contributed by atoms with Crippen molar-refractivity contribution in [2.45, 2.75) is 13.1 Å². The lowest BCUT2D eigenvalue weighted by molar-refractivity contribution is 0.0695. The molecule has 0 amide bonds. The lowest BCUT2D eigenvalue weighted by Gasteiger charge is -2.17. The van der Waals surface area contributed by atoms with Crippen molar-refractivity contribution in [3.8, 4) is 16.8 Å². The van der Waals surface area contributed by atoms with Gasteiger partial charge < -0.3 is 9.67 Å². The first-order valence-electron chi connectivity index (χ1n) is 10.1. The predicted octanol–water partition coefficient (Wildman–Crippen LogP) is 5.23. The van der Waals surface area contributed by atoms with Crippen molar-refractivity contribution in [3.63, 3.8) is 0 Å². The number of rotatable bonds is 3. The van der Waals surface area contributed by atoms with Crippen LogP contribution in [0.2, 0.25) is 5.02 Å². The van der Waals surface area contributed by atoms with E-state index in [4.69, 9.17) is 11.6 Å². The summed E-state index contributed by atoms with van der Waals surface area (Å²) < 4.78 is 30.2. The van der Waals surface area contributed by atoms with Crippen LogP contribution in [0.4, 0.5) is 8.78 Å². The van der Waals surface area contributed by atoms with E-state index in [1.54, 1.807) is 6.07 Å². The number of carbonyl (C=O) groups is 1. The zero-order chi connectivity index (χ0) is 23.4. The molecule has 1 aliphatic rings. The molecule has 1 aromatic heterocycles. The van der Waals surface area contributed by atoms with Crippen LogP contribution in [0, 0.1) is 11.6 Å². The summed E-state index contributed by atoms with van der Waals surface area (Å²) in [7, 11) is 1.99. The Morgan fingerprint density at radius 1 is 1.03 bits per heavy atom. The van der Waals surface area contributed by atoms with Crippen molar-refractivity contribution >= 4 is 28.5 Å². The van der Waals surface area contributed by atoms with Crippen molar-refractivity contribution < 1.29 is 18.7 Å². The van der Waals surface area contributed by atoms with Crippen molar-refractivity contribution in [1.82, 2.24) is 9.47 Å². The highest BCUT2D eigenvalue weighted by molar-refractivity contribution is 6.38. The van der Waals surface area contributed by atoms with Gasteiger partial charge in [0.15, 0.2) is 0 Å². The molecule has 166 valence electrons. The molecule has 5 nitrogen and oxygen atoms in total. The number of fused-ring (bicyclic) bond motifs is 2. The molecule has 2 heterocycles. The Labute approximate surface area is 192 Å². The van der Waals surface area contributed by atoms with Gasteiger partial charge in [-0.2, -0.15) is 0 Å². The molecule has 0 atom stereocenters. The maximum Gasteiger partial charge on any atom is 0.341 e. The van der Waals surface area contributed by atoms with Crippen molar-refractivity contribution in [1.29, 1.82) is 0 Å². The second-order valence-corrected chi connectivity index (χ2v) is 8.50. The first-order chi connectivity index (χ1) is 15.7. The molecule has 0 aliphatic carbocycles. The number of hydrogen-bond donors (Lipinski definition) is 1. The van der Waals surface area contributed by atoms with E-state index >= 15 is 4.39 Å². The third-order valence-corrected chi connectivity index (χ3v) is 6.26. The van der Waals surface area contributed by atoms with Gasteiger partial charge in [0, 0.05) is 30.5 Å². The molecular formula is C25H17ClF2N2O3. The summed E-state index contributed by atoms with van der Waals surface area (Å²) in [6.07, 6.45) is 1.13. The van der Waals surface area contributed by atoms with Gasteiger partial charge in [-0.3, -0.25) is 9.69 Å². The van der Waals surface area contributed by atoms with Crippen LogP contribution in [0.5, 0.6) is 0 Å². The maximum atomic E-state index is 15.4. The fraction of sp³-hybridized carbons (Fsp3) is 0.120. The minimum absolute atomic E-state index is 0.0327. The lowest BCUT2D eigenvalue weighted by atomic mass is 9.98. The van der Waals surface area contributed by atoms with E-state index in [2.05, 4.69) is 4.90 Å². The Morgan fingerprint density at radius 3 is 2.42 bits per heavy atom. The molecule has 0 unspecified atom stereocenters. The minimum Gasteiger partial charge on any atom is -0.477 e. The molecule has 5 rings (SSSR count). The zero-order valence-electron chi connectivity index (χ0n) is 17.4. The molecule has 4 aromatic rings. The molecule has 0 fully saturated rings. The molecule has 0 bridgehead atoms. The Balaban J connectivity index is 1.84. The van der Waals surface area contributed by atoms with E-state index in [-0.39, 0.29) is 21.5 Å². The summed E-state index contributed by atoms with van der Waals surface area (Å²) in [5.74, 6) is -2.67. The number of nitrogens with zero attached hydrogens (tertiary/aromatic N) is 2. The molecule has 33 heavy (non-hydrogen) atoms. The van der Waals surface area contributed by atoms with E-state index in [1.807, 2.05) is 19.2 Å². The fourth-order valence-electron chi connectivity index (χ4n) is 4.36. The Morgan fingerprint density at radius 2 is 1.73 bits per heavy atom. The van der Waals surface area contributed by atoms with Gasteiger partial charge in [-0.1, -0.05) is 23.7 Å². The van der Waals surface area contributed by atoms with Gasteiger partial charge in [0.05, 0.1) is 15.9 Å². The summed E-state index contributed by atoms with van der Waals surface area (Å²) in [5, 5.41) is 9.31. The number of carboxylic acids is 1. The summed E-state index contributed by atoms with van der Waals surface area (Å²) in [4.78, 5) is 26.7. The normalized spacial score (nSPS) is 13.5. The highest BCUT2D eigenvalue weighted by Gasteiger charge is 2.24. The SMILES string of the molecule is CN1Cc2ccc(-c3c(F)cc4c(=O)c(C(=O)O)cn(-c5ccc(F)cc5)c4c3Cl)cc2C1. The Bertz CT molecular complexity index is 1510. The summed E-state index contributed by atoms with van der Waals surface area (Å²) >= 11 is 6.72. The lowest BCUT2D eigenvalue weighted by Crippen LogP contribution is -2.19. The molecule has 0 spiro atoms. The first-order valence-corrected chi connectivity index (χ1v) is 10.5. The molecular weight excluding hydrogens is 450 g/mol. The standard InChI is InChI=1S/C25H17ClF2N2O3/c1-29-10-14-3-2-13(8-15(14)11-29)21-20(28)9-18-23(22(21)26)30(12-19(24(18)31)25(32)33)17-6-4-16(27)5-7-17/h2-9,12H,10-11H2,1H3,(H,32,33). The Hall–Kier alpha value is -3.55. The van der Waals surface area contributed by atoms with E-state index in [9.17, 15) is 19.1 Å². The van der Waals surface area contributed by atoms with Crippen LogP contribution in [-0.2, 0) is 13.1 Å². The van der Waals surface area contributed by atoms with Gasteiger partial charge in [-0.25, -0.2) is 13.6 Å². The molecule has 0 radical (unpaired) electrons. The third kappa shape index (κ3) is 3.50. The number of pyridine rings is 1. The first kappa shape index (κ1) is 21.3. The largest absolute Gasteiger partial charge is 0.477 e. The quantitative estimate of drug-likeness (QED) is 0.449. The topological polar surface area (TPSA) is 62.5 Å². The van der Waals surface area contributed by atoms with Crippen molar-refractivity contribution in [2.24, 2.45) is 0 Å². The smallest absolute Gasteiger partial charge is 0.341 e. The van der Waals surface area contributed by atoms with E-state index in [0.717, 1.165) is 36.5 Å². The average molecular weight is 467 g/mol. The number of aromatic carboxylic acids is 1. The van der Waals surface area contributed by atoms with Crippen LogP contribution in [0.25, 0.3) is 27.7 Å². The van der Waals surface area contributed by atoms with Crippen LogP contribution in [0.15, 0.2) is 59.5 Å². The van der Waals surface area contributed by atoms with Gasteiger partial charge in [-0.15, -0.1) is 0 Å². The average Bonchev–Trinajstić information content (AvgIpc) is 3.14. The van der Waals surface area contributed by atoms with E-state index in [1.165, 1.54) is 28.8 Å². The number of halogens is 3. The predicted molar refractivity (Wildman–Crippen MR) is 122 cm³/mol. The maximum absolute atomic E-state index is 15.4. The van der Waals surface area contributed by atoms with Gasteiger partial charge >= 0.3 is 5.97 Å². The summed E-state index contributed by atoms with van der Waals surface area (Å²) in [6, 6.07) is 11.9. The molecule has 0 saturated heterocycles. The van der Waals surface area contributed by atoms with Crippen LogP contribution in [-0.4, -0.2) is 27.6 Å². The molecule has 0 saturated carbocycles. The number of benzene rings is 3. The van der Waals surface area contributed by atoms with Crippen molar-refractivity contribution in [2.75, 3.05) is 7.05 Å². The zero-order valence-corrected chi connectivity index (χ0v) is 18.2. The number of carboxylic acid groups (broad SMARTS) is 1. The highest BCUT2D eigenvalue weighted by atomic mass is 35.5. The Kier molecular flexibility index (Phi) is 5.03. The third-order valence-electron chi connectivity index (χ3n) is 5.89. The fourth-order valence-corrected chi connectivity index (χ4v) is 4.75. The second-order valence-electron chi connectivity index (χ2n) is 8.12. The number of aromatic nitrogens is 1. The number of hydrogen-bond acceptors (Lipinski definition) is 3. The second kappa shape index (κ2) is 7.79. The van der Waals surface area contributed by atoms with Gasteiger partial charge in [0.1, 0.15) is 17.2 Å². The van der Waals surface area contributed by atoms with Crippen LogP contribution < -0.4 is 5.43 Å². The highest BCUT2D eigenvalue weighted by Crippen LogP contribution is 2.38. The van der Waals surface area contributed by atoms with Gasteiger partial charge in [-0.05, 0) is 60.1 Å². The van der Waals surface area contributed by atoms with Crippen LogP contribution in [0.1, 0.15) is 21.5 Å². The van der Waals surface area contributed by atoms with E-state index < -0.39 is 28.6 Å². The minimum atomic E-state index is -1.46. The van der Waals surface area contributed by atoms with Gasteiger partial charge in [0.25, 0.3) is 0 Å². The van der Waals surface area contributed by atoms with Crippen LogP contribution in [0.3, 0.4) is 0 Å². The summed E-state index contributed by atoms with van der Waals surface area (Å²) in [5.41, 5.74) is 1.99. The van der Waals surface area contributed by atoms with Crippen LogP contribution >= 0.6 is 11.6 Å². The molecule has 3 aromatic carbocycles. The van der Waals surface area contributed by atoms with Gasteiger partial charge in [0.2, 0.25) is 5.43 Å². The van der Waals surface area contributed by atoms with Crippen molar-refractivity contribution in [3.05, 3.63) is 98.3 Å². The van der Waals surface area contributed by atoms with E-state index in [0.29, 0.717) is 11.3 Å². The molecule has 1 N–H and O–H groups in total. The molecule has 8 heteroatoms.